The number of nitrogens with zero attached hydrogens (tertiary/aromatic N) is 3. The standard InChI is InChI=1S/C20H31N4O7PS/c1-5-12(6-2)32(28,29)31-20(4,7-3)8-13-14(25)15(26)17(30-13)24-10-11-9-21-18(27)22-16(11)23-19(24)33/h9-10,12-15,17,25-26H,5-8H2,1-4H3,(H,28,29)(H,22,23,27,33)/t13-,14?,15+,17-,20?/m1/s1. The third-order valence-electron chi connectivity index (χ3n) is 6.27. The van der Waals surface area contributed by atoms with Crippen molar-refractivity contribution in [2.75, 3.05) is 0 Å². The first-order valence-electron chi connectivity index (χ1n) is 11.0. The third-order valence-corrected chi connectivity index (χ3v) is 8.93. The molecule has 0 aliphatic carbocycles. The average molecular weight is 503 g/mol. The Balaban J connectivity index is 1.85. The summed E-state index contributed by atoms with van der Waals surface area (Å²) in [6.07, 6.45) is -0.249. The van der Waals surface area contributed by atoms with Crippen molar-refractivity contribution >= 4 is 30.8 Å². The molecule has 1 fully saturated rings. The van der Waals surface area contributed by atoms with E-state index in [0.29, 0.717) is 24.6 Å². The number of ether oxygens (including phenoxy) is 1. The number of aliphatic hydroxyl groups excluding tert-OH is 2. The van der Waals surface area contributed by atoms with E-state index in [9.17, 15) is 24.5 Å². The van der Waals surface area contributed by atoms with Crippen molar-refractivity contribution in [3.8, 4) is 0 Å². The lowest BCUT2D eigenvalue weighted by Gasteiger charge is -2.35. The molecule has 1 saturated heterocycles. The van der Waals surface area contributed by atoms with Crippen LogP contribution in [0, 0.1) is 4.77 Å². The maximum Gasteiger partial charge on any atom is 0.346 e. The van der Waals surface area contributed by atoms with Gasteiger partial charge in [0.05, 0.1) is 22.8 Å². The molecule has 0 bridgehead atoms. The summed E-state index contributed by atoms with van der Waals surface area (Å²) in [5.74, 6) is 0. The summed E-state index contributed by atoms with van der Waals surface area (Å²) in [6.45, 7) is 7.18. The van der Waals surface area contributed by atoms with Gasteiger partial charge in [-0.2, -0.15) is 0 Å². The maximum absolute atomic E-state index is 12.9. The molecule has 3 heterocycles. The Bertz CT molecular complexity index is 1150. The molecule has 0 radical (unpaired) electrons. The molecule has 1 aliphatic rings. The number of fused-ring (bicyclic) bond motifs is 1. The Morgan fingerprint density at radius 2 is 2.00 bits per heavy atom. The Morgan fingerprint density at radius 3 is 2.61 bits per heavy atom. The van der Waals surface area contributed by atoms with Gasteiger partial charge in [-0.1, -0.05) is 20.8 Å². The predicted molar refractivity (Wildman–Crippen MR) is 123 cm³/mol. The molecule has 3 rings (SSSR count). The monoisotopic (exact) mass is 502 g/mol. The number of hydrogen-bond donors (Lipinski definition) is 4. The van der Waals surface area contributed by atoms with Crippen LogP contribution in [-0.2, 0) is 13.8 Å². The fraction of sp³-hybridized carbons (Fsp3) is 0.700. The molecule has 2 aromatic heterocycles. The normalized spacial score (nSPS) is 27.0. The van der Waals surface area contributed by atoms with Gasteiger partial charge in [0.1, 0.15) is 17.9 Å². The predicted octanol–water partition coefficient (Wildman–Crippen LogP) is 2.42. The zero-order valence-electron chi connectivity index (χ0n) is 19.0. The Kier molecular flexibility index (Phi) is 7.89. The zero-order chi connectivity index (χ0) is 24.6. The third kappa shape index (κ3) is 5.43. The van der Waals surface area contributed by atoms with Crippen molar-refractivity contribution in [3.05, 3.63) is 27.6 Å². The van der Waals surface area contributed by atoms with Crippen molar-refractivity contribution in [3.63, 3.8) is 0 Å². The topological polar surface area (TPSA) is 160 Å². The van der Waals surface area contributed by atoms with Gasteiger partial charge in [0.2, 0.25) is 4.77 Å². The first-order chi connectivity index (χ1) is 15.4. The molecule has 33 heavy (non-hydrogen) atoms. The highest BCUT2D eigenvalue weighted by atomic mass is 32.1. The first-order valence-corrected chi connectivity index (χ1v) is 13.0. The van der Waals surface area contributed by atoms with Crippen LogP contribution in [0.3, 0.4) is 0 Å². The number of H-pyrrole nitrogens is 1. The molecule has 0 saturated carbocycles. The van der Waals surface area contributed by atoms with Crippen molar-refractivity contribution in [1.82, 2.24) is 19.5 Å². The second kappa shape index (κ2) is 9.99. The molecule has 2 aromatic rings. The summed E-state index contributed by atoms with van der Waals surface area (Å²) in [7, 11) is -3.91. The van der Waals surface area contributed by atoms with Crippen LogP contribution in [0.15, 0.2) is 17.2 Å². The van der Waals surface area contributed by atoms with Crippen LogP contribution in [0.4, 0.5) is 0 Å². The van der Waals surface area contributed by atoms with Crippen LogP contribution in [0.2, 0.25) is 0 Å². The Morgan fingerprint density at radius 1 is 1.33 bits per heavy atom. The highest BCUT2D eigenvalue weighted by Crippen LogP contribution is 2.55. The molecule has 0 spiro atoms. The Labute approximate surface area is 196 Å². The SMILES string of the molecule is CCC(CC)P(=O)(O)OC(C)(CC)C[C@H]1O[C@@H](n2cc3cnc(=O)[nH]c3nc2=S)[C@@H](O)C1O. The van der Waals surface area contributed by atoms with Gasteiger partial charge in [0, 0.05) is 18.8 Å². The highest BCUT2D eigenvalue weighted by Gasteiger charge is 2.48. The van der Waals surface area contributed by atoms with Crippen LogP contribution in [0.1, 0.15) is 59.6 Å². The molecule has 4 N–H and O–H groups in total. The summed E-state index contributed by atoms with van der Waals surface area (Å²) in [5, 5.41) is 21.9. The molecule has 0 amide bonds. The maximum atomic E-state index is 12.9. The molecule has 1 aliphatic heterocycles. The minimum atomic E-state index is -3.91. The molecule has 13 heteroatoms. The van der Waals surface area contributed by atoms with Gasteiger partial charge < -0.3 is 24.4 Å². The van der Waals surface area contributed by atoms with Gasteiger partial charge in [-0.25, -0.2) is 14.8 Å². The first kappa shape index (κ1) is 26.1. The summed E-state index contributed by atoms with van der Waals surface area (Å²) < 4.78 is 26.0. The van der Waals surface area contributed by atoms with Gasteiger partial charge in [0.15, 0.2) is 6.23 Å². The smallest absolute Gasteiger partial charge is 0.346 e. The van der Waals surface area contributed by atoms with E-state index in [4.69, 9.17) is 21.5 Å². The van der Waals surface area contributed by atoms with E-state index >= 15 is 0 Å². The quantitative estimate of drug-likeness (QED) is 0.296. The van der Waals surface area contributed by atoms with Crippen LogP contribution in [-0.4, -0.2) is 64.2 Å². The number of aromatic amines is 1. The van der Waals surface area contributed by atoms with Crippen molar-refractivity contribution in [2.24, 2.45) is 0 Å². The van der Waals surface area contributed by atoms with E-state index in [2.05, 4.69) is 15.0 Å². The van der Waals surface area contributed by atoms with Crippen molar-refractivity contribution < 1.29 is 28.9 Å². The number of aliphatic hydroxyl groups is 2. The van der Waals surface area contributed by atoms with Crippen LogP contribution < -0.4 is 5.69 Å². The summed E-state index contributed by atoms with van der Waals surface area (Å²) in [4.78, 5) is 32.3. The highest BCUT2D eigenvalue weighted by molar-refractivity contribution is 7.71. The lowest BCUT2D eigenvalue weighted by atomic mass is 9.93. The lowest BCUT2D eigenvalue weighted by molar-refractivity contribution is -0.0674. The molecular weight excluding hydrogens is 471 g/mol. The van der Waals surface area contributed by atoms with E-state index in [1.54, 1.807) is 6.92 Å². The summed E-state index contributed by atoms with van der Waals surface area (Å²) >= 11 is 5.29. The fourth-order valence-electron chi connectivity index (χ4n) is 4.06. The minimum Gasteiger partial charge on any atom is -0.388 e. The molecule has 184 valence electrons. The average Bonchev–Trinajstić information content (AvgIpc) is 3.01. The summed E-state index contributed by atoms with van der Waals surface area (Å²) in [6, 6.07) is 0. The van der Waals surface area contributed by atoms with E-state index in [1.165, 1.54) is 17.0 Å². The van der Waals surface area contributed by atoms with Crippen LogP contribution in [0.25, 0.3) is 11.0 Å². The number of rotatable bonds is 9. The van der Waals surface area contributed by atoms with Gasteiger partial charge in [-0.15, -0.1) is 0 Å². The lowest BCUT2D eigenvalue weighted by Crippen LogP contribution is -2.39. The zero-order valence-corrected chi connectivity index (χ0v) is 20.8. The van der Waals surface area contributed by atoms with Crippen LogP contribution >= 0.6 is 19.8 Å². The Hall–Kier alpha value is -1.53. The van der Waals surface area contributed by atoms with E-state index in [-0.39, 0.29) is 16.8 Å². The number of hydrogen-bond acceptors (Lipinski definition) is 9. The minimum absolute atomic E-state index is 0.0318. The fourth-order valence-corrected chi connectivity index (χ4v) is 6.22. The van der Waals surface area contributed by atoms with E-state index in [1.807, 2.05) is 20.8 Å². The molecule has 11 nitrogen and oxygen atoms in total. The largest absolute Gasteiger partial charge is 0.388 e. The molecule has 6 atom stereocenters. The second-order valence-electron chi connectivity index (χ2n) is 8.60. The van der Waals surface area contributed by atoms with Gasteiger partial charge >= 0.3 is 13.3 Å². The van der Waals surface area contributed by atoms with E-state index < -0.39 is 49.1 Å². The van der Waals surface area contributed by atoms with Gasteiger partial charge in [0.25, 0.3) is 0 Å². The molecule has 0 aromatic carbocycles. The second-order valence-corrected chi connectivity index (χ2v) is 11.0. The van der Waals surface area contributed by atoms with E-state index in [0.717, 1.165) is 0 Å². The summed E-state index contributed by atoms with van der Waals surface area (Å²) in [5.41, 5.74) is -1.88. The van der Waals surface area contributed by atoms with Crippen molar-refractivity contribution in [2.45, 2.75) is 89.2 Å². The number of aromatic nitrogens is 4. The number of nitrogens with one attached hydrogen (secondary N) is 1. The van der Waals surface area contributed by atoms with Gasteiger partial charge in [-0.3, -0.25) is 14.1 Å². The van der Waals surface area contributed by atoms with Crippen LogP contribution in [0.5, 0.6) is 0 Å². The van der Waals surface area contributed by atoms with Gasteiger partial charge in [-0.05, 0) is 38.4 Å². The molecule has 3 unspecified atom stereocenters. The molecular formula is C20H31N4O7PS. The van der Waals surface area contributed by atoms with Crippen molar-refractivity contribution in [1.29, 1.82) is 0 Å².